The van der Waals surface area contributed by atoms with Gasteiger partial charge in [-0.25, -0.2) is 4.99 Å². The Morgan fingerprint density at radius 3 is 2.58 bits per heavy atom. The van der Waals surface area contributed by atoms with Crippen molar-refractivity contribution in [2.24, 2.45) is 4.99 Å². The smallest absolute Gasteiger partial charge is 0.271 e. The van der Waals surface area contributed by atoms with Gasteiger partial charge < -0.3 is 4.74 Å². The number of hydrogen-bond acceptors (Lipinski definition) is 4. The van der Waals surface area contributed by atoms with Crippen molar-refractivity contribution in [3.8, 4) is 5.75 Å². The zero-order valence-electron chi connectivity index (χ0n) is 18.2. The first-order valence-corrected chi connectivity index (χ1v) is 11.9. The molecule has 0 fully saturated rings. The number of fused-ring (bicyclic) bond motifs is 3. The number of hydrogen-bond donors (Lipinski definition) is 0. The fourth-order valence-corrected chi connectivity index (χ4v) is 5.88. The number of allylic oxidation sites excluding steroid dienone is 1. The number of nitrogens with zero attached hydrogens (tertiary/aromatic N) is 2. The highest BCUT2D eigenvalue weighted by Gasteiger charge is 2.32. The second-order valence-corrected chi connectivity index (χ2v) is 9.28. The van der Waals surface area contributed by atoms with Crippen LogP contribution in [0.3, 0.4) is 0 Å². The molecule has 1 unspecified atom stereocenters. The minimum atomic E-state index is -0.148. The average molecular weight is 451 g/mol. The summed E-state index contributed by atoms with van der Waals surface area (Å²) in [6.45, 7) is 0. The highest BCUT2D eigenvalue weighted by atomic mass is 32.1. The highest BCUT2D eigenvalue weighted by molar-refractivity contribution is 7.07. The Kier molecular flexibility index (Phi) is 4.84. The molecule has 4 aromatic rings. The predicted molar refractivity (Wildman–Crippen MR) is 132 cm³/mol. The van der Waals surface area contributed by atoms with Crippen LogP contribution in [0.5, 0.6) is 5.75 Å². The summed E-state index contributed by atoms with van der Waals surface area (Å²) < 4.78 is 8.04. The largest absolute Gasteiger partial charge is 0.496 e. The van der Waals surface area contributed by atoms with Gasteiger partial charge in [0.15, 0.2) is 4.80 Å². The minimum absolute atomic E-state index is 0.0103. The van der Waals surface area contributed by atoms with Gasteiger partial charge in [0.25, 0.3) is 5.56 Å². The minimum Gasteiger partial charge on any atom is -0.496 e. The van der Waals surface area contributed by atoms with Gasteiger partial charge >= 0.3 is 0 Å². The highest BCUT2D eigenvalue weighted by Crippen LogP contribution is 2.41. The Morgan fingerprint density at radius 1 is 0.970 bits per heavy atom. The molecule has 162 valence electrons. The van der Waals surface area contributed by atoms with E-state index in [1.54, 1.807) is 7.11 Å². The predicted octanol–water partition coefficient (Wildman–Crippen LogP) is 4.33. The summed E-state index contributed by atoms with van der Waals surface area (Å²) in [6, 6.07) is 26.4. The summed E-state index contributed by atoms with van der Waals surface area (Å²) in [5, 5.41) is 0. The SMILES string of the molecule is COc1ccccc1C=c1sc2n(c1=O)C(c1ccccc1)C1=C(N=2)c2ccccc2CC1. The lowest BCUT2D eigenvalue weighted by atomic mass is 9.83. The van der Waals surface area contributed by atoms with E-state index >= 15 is 0 Å². The summed E-state index contributed by atoms with van der Waals surface area (Å²) in [6.07, 6.45) is 3.77. The van der Waals surface area contributed by atoms with Crippen LogP contribution in [0.15, 0.2) is 94.2 Å². The van der Waals surface area contributed by atoms with Crippen molar-refractivity contribution in [2.75, 3.05) is 7.11 Å². The molecule has 1 aliphatic carbocycles. The van der Waals surface area contributed by atoms with Gasteiger partial charge in [0.05, 0.1) is 23.4 Å². The van der Waals surface area contributed by atoms with Crippen molar-refractivity contribution in [1.82, 2.24) is 4.57 Å². The third-order valence-electron chi connectivity index (χ3n) is 6.41. The van der Waals surface area contributed by atoms with E-state index in [2.05, 4.69) is 36.4 Å². The van der Waals surface area contributed by atoms with E-state index in [0.29, 0.717) is 4.53 Å². The zero-order chi connectivity index (χ0) is 22.4. The quantitative estimate of drug-likeness (QED) is 0.466. The number of thiazole rings is 1. The first-order valence-electron chi connectivity index (χ1n) is 11.1. The number of aryl methyl sites for hydroxylation is 1. The lowest BCUT2D eigenvalue weighted by molar-refractivity contribution is 0.414. The summed E-state index contributed by atoms with van der Waals surface area (Å²) >= 11 is 1.44. The summed E-state index contributed by atoms with van der Waals surface area (Å²) in [4.78, 5) is 19.5. The number of ether oxygens (including phenoxy) is 1. The van der Waals surface area contributed by atoms with Crippen molar-refractivity contribution in [3.05, 3.63) is 126 Å². The molecule has 1 aliphatic heterocycles. The van der Waals surface area contributed by atoms with Crippen LogP contribution in [0.25, 0.3) is 11.8 Å². The maximum Gasteiger partial charge on any atom is 0.271 e. The summed E-state index contributed by atoms with van der Waals surface area (Å²) in [7, 11) is 1.65. The second kappa shape index (κ2) is 8.01. The number of methoxy groups -OCH3 is 1. The molecule has 3 aromatic carbocycles. The molecule has 1 atom stereocenters. The third-order valence-corrected chi connectivity index (χ3v) is 7.40. The molecule has 5 heteroatoms. The van der Waals surface area contributed by atoms with Gasteiger partial charge in [-0.1, -0.05) is 84.1 Å². The van der Waals surface area contributed by atoms with Gasteiger partial charge in [-0.05, 0) is 41.7 Å². The lowest BCUT2D eigenvalue weighted by Gasteiger charge is -2.30. The Labute approximate surface area is 195 Å². The molecule has 1 aromatic heterocycles. The van der Waals surface area contributed by atoms with Gasteiger partial charge in [-0.15, -0.1) is 0 Å². The molecule has 33 heavy (non-hydrogen) atoms. The molecule has 0 saturated heterocycles. The van der Waals surface area contributed by atoms with Gasteiger partial charge in [0, 0.05) is 11.1 Å². The van der Waals surface area contributed by atoms with E-state index in [9.17, 15) is 4.79 Å². The Morgan fingerprint density at radius 2 is 1.73 bits per heavy atom. The van der Waals surface area contributed by atoms with E-state index in [1.807, 2.05) is 53.1 Å². The Hall–Kier alpha value is -3.70. The van der Waals surface area contributed by atoms with Crippen molar-refractivity contribution in [1.29, 1.82) is 0 Å². The standard InChI is InChI=1S/C28H22N2O2S/c1-32-23-14-8-6-12-20(23)17-24-27(31)30-26(19-10-3-2-4-11-19)22-16-15-18-9-5-7-13-21(18)25(22)29-28(30)33-24/h2-14,17,26H,15-16H2,1H3. The van der Waals surface area contributed by atoms with Crippen LogP contribution in [0.2, 0.25) is 0 Å². The molecule has 0 spiro atoms. The van der Waals surface area contributed by atoms with Gasteiger partial charge in [-0.2, -0.15) is 0 Å². The number of para-hydroxylation sites is 1. The first-order chi connectivity index (χ1) is 16.2. The third kappa shape index (κ3) is 3.28. The van der Waals surface area contributed by atoms with E-state index in [4.69, 9.17) is 9.73 Å². The molecule has 4 nitrogen and oxygen atoms in total. The molecule has 2 heterocycles. The van der Waals surface area contributed by atoms with Crippen LogP contribution in [-0.2, 0) is 6.42 Å². The van der Waals surface area contributed by atoms with E-state index in [-0.39, 0.29) is 11.6 Å². The van der Waals surface area contributed by atoms with Crippen LogP contribution in [0, 0.1) is 0 Å². The summed E-state index contributed by atoms with van der Waals surface area (Å²) in [5.41, 5.74) is 6.73. The monoisotopic (exact) mass is 450 g/mol. The van der Waals surface area contributed by atoms with Crippen LogP contribution in [-0.4, -0.2) is 11.7 Å². The van der Waals surface area contributed by atoms with Crippen LogP contribution < -0.4 is 19.6 Å². The van der Waals surface area contributed by atoms with Crippen LogP contribution in [0.4, 0.5) is 0 Å². The molecule has 0 saturated carbocycles. The number of rotatable bonds is 3. The van der Waals surface area contributed by atoms with Crippen molar-refractivity contribution < 1.29 is 4.74 Å². The van der Waals surface area contributed by atoms with Crippen LogP contribution >= 0.6 is 11.3 Å². The fraction of sp³-hybridized carbons (Fsp3) is 0.143. The maximum atomic E-state index is 13.7. The molecule has 6 rings (SSSR count). The maximum absolute atomic E-state index is 13.7. The van der Waals surface area contributed by atoms with Gasteiger partial charge in [-0.3, -0.25) is 9.36 Å². The molecular formula is C28H22N2O2S. The number of benzene rings is 3. The number of aromatic nitrogens is 1. The molecule has 0 N–H and O–H groups in total. The van der Waals surface area contributed by atoms with Crippen molar-refractivity contribution in [3.63, 3.8) is 0 Å². The van der Waals surface area contributed by atoms with Gasteiger partial charge in [0.1, 0.15) is 5.75 Å². The molecule has 0 amide bonds. The molecule has 0 radical (unpaired) electrons. The lowest BCUT2D eigenvalue weighted by Crippen LogP contribution is -2.38. The van der Waals surface area contributed by atoms with Crippen LogP contribution in [0.1, 0.15) is 34.7 Å². The second-order valence-electron chi connectivity index (χ2n) is 8.27. The molecule has 2 aliphatic rings. The fourth-order valence-electron chi connectivity index (χ4n) is 4.88. The Bertz CT molecular complexity index is 1580. The van der Waals surface area contributed by atoms with E-state index in [0.717, 1.165) is 40.2 Å². The zero-order valence-corrected chi connectivity index (χ0v) is 19.0. The Balaban J connectivity index is 1.63. The molecule has 0 bridgehead atoms. The average Bonchev–Trinajstić information content (AvgIpc) is 3.18. The molecular weight excluding hydrogens is 428 g/mol. The normalized spacial score (nSPS) is 17.1. The van der Waals surface area contributed by atoms with Crippen molar-refractivity contribution in [2.45, 2.75) is 18.9 Å². The summed E-state index contributed by atoms with van der Waals surface area (Å²) in [5.74, 6) is 0.746. The van der Waals surface area contributed by atoms with E-state index < -0.39 is 0 Å². The van der Waals surface area contributed by atoms with E-state index in [1.165, 1.54) is 28.0 Å². The van der Waals surface area contributed by atoms with Gasteiger partial charge in [0.2, 0.25) is 0 Å². The van der Waals surface area contributed by atoms with Crippen molar-refractivity contribution >= 4 is 23.1 Å². The first kappa shape index (κ1) is 19.9. The topological polar surface area (TPSA) is 43.6 Å².